The lowest BCUT2D eigenvalue weighted by molar-refractivity contribution is 0.0929. The highest BCUT2D eigenvalue weighted by Crippen LogP contribution is 2.18. The number of hydrogen-bond acceptors (Lipinski definition) is 4. The molecule has 0 spiro atoms. The van der Waals surface area contributed by atoms with Crippen molar-refractivity contribution < 1.29 is 17.9 Å². The molecular formula is C18H24N2O4S. The van der Waals surface area contributed by atoms with Crippen molar-refractivity contribution >= 4 is 15.9 Å². The van der Waals surface area contributed by atoms with Crippen LogP contribution < -0.4 is 10.0 Å². The van der Waals surface area contributed by atoms with E-state index in [-0.39, 0.29) is 16.8 Å². The van der Waals surface area contributed by atoms with Crippen molar-refractivity contribution in [2.24, 2.45) is 0 Å². The van der Waals surface area contributed by atoms with Crippen molar-refractivity contribution in [3.63, 3.8) is 0 Å². The summed E-state index contributed by atoms with van der Waals surface area (Å²) >= 11 is 0. The standard InChI is InChI=1S/C18H24N2O4S/c21-18(20-16-9-10-24-13-16)15-7-4-8-17(11-15)25(22,23)19-12-14-5-2-1-3-6-14/h4-5,7-8,11,16,19H,1-3,6,9-10,12-13H2,(H,20,21)/t16-/m0/s1. The largest absolute Gasteiger partial charge is 0.379 e. The third kappa shape index (κ3) is 4.90. The fraction of sp³-hybridized carbons (Fsp3) is 0.500. The van der Waals surface area contributed by atoms with Gasteiger partial charge < -0.3 is 10.1 Å². The van der Waals surface area contributed by atoms with Crippen molar-refractivity contribution in [3.8, 4) is 0 Å². The van der Waals surface area contributed by atoms with E-state index in [1.807, 2.05) is 0 Å². The third-order valence-corrected chi connectivity index (χ3v) is 5.94. The number of amides is 1. The number of ether oxygens (including phenoxy) is 1. The molecule has 1 aliphatic carbocycles. The van der Waals surface area contributed by atoms with Gasteiger partial charge in [0.2, 0.25) is 10.0 Å². The molecule has 1 aromatic carbocycles. The number of carbonyl (C=O) groups is 1. The van der Waals surface area contributed by atoms with Crippen molar-refractivity contribution in [1.82, 2.24) is 10.0 Å². The van der Waals surface area contributed by atoms with Gasteiger partial charge in [0.15, 0.2) is 0 Å². The first kappa shape index (κ1) is 18.1. The Kier molecular flexibility index (Phi) is 5.88. The van der Waals surface area contributed by atoms with Gasteiger partial charge in [0.25, 0.3) is 5.91 Å². The molecule has 25 heavy (non-hydrogen) atoms. The monoisotopic (exact) mass is 364 g/mol. The Bertz CT molecular complexity index is 752. The predicted octanol–water partition coefficient (Wildman–Crippen LogP) is 1.98. The van der Waals surface area contributed by atoms with E-state index < -0.39 is 10.0 Å². The lowest BCUT2D eigenvalue weighted by atomic mass is 10.0. The molecular weight excluding hydrogens is 340 g/mol. The molecule has 0 aromatic heterocycles. The van der Waals surface area contributed by atoms with Crippen LogP contribution in [0.15, 0.2) is 40.8 Å². The van der Waals surface area contributed by atoms with Gasteiger partial charge in [0, 0.05) is 18.7 Å². The molecule has 1 fully saturated rings. The van der Waals surface area contributed by atoms with Crippen LogP contribution in [-0.2, 0) is 14.8 Å². The normalized spacial score (nSPS) is 21.0. The summed E-state index contributed by atoms with van der Waals surface area (Å²) in [5.74, 6) is -0.275. The average molecular weight is 364 g/mol. The summed E-state index contributed by atoms with van der Waals surface area (Å²) in [6.07, 6.45) is 7.11. The van der Waals surface area contributed by atoms with Crippen LogP contribution in [0.3, 0.4) is 0 Å². The number of hydrogen-bond donors (Lipinski definition) is 2. The maximum atomic E-state index is 12.5. The molecule has 1 aromatic rings. The second kappa shape index (κ2) is 8.12. The van der Waals surface area contributed by atoms with Crippen molar-refractivity contribution in [1.29, 1.82) is 0 Å². The molecule has 7 heteroatoms. The first-order valence-corrected chi connectivity index (χ1v) is 10.2. The molecule has 6 nitrogen and oxygen atoms in total. The molecule has 0 saturated carbocycles. The lowest BCUT2D eigenvalue weighted by Crippen LogP contribution is -2.35. The summed E-state index contributed by atoms with van der Waals surface area (Å²) < 4.78 is 32.9. The van der Waals surface area contributed by atoms with Crippen LogP contribution >= 0.6 is 0 Å². The summed E-state index contributed by atoms with van der Waals surface area (Å²) in [6, 6.07) is 6.13. The number of allylic oxidation sites excluding steroid dienone is 1. The van der Waals surface area contributed by atoms with Gasteiger partial charge in [-0.3, -0.25) is 4.79 Å². The number of rotatable bonds is 6. The van der Waals surface area contributed by atoms with Gasteiger partial charge in [-0.05, 0) is 50.3 Å². The second-order valence-corrected chi connectivity index (χ2v) is 8.26. The van der Waals surface area contributed by atoms with Gasteiger partial charge in [-0.25, -0.2) is 13.1 Å². The summed E-state index contributed by atoms with van der Waals surface area (Å²) in [4.78, 5) is 12.4. The van der Waals surface area contributed by atoms with Gasteiger partial charge in [0.1, 0.15) is 0 Å². The van der Waals surface area contributed by atoms with Crippen molar-refractivity contribution in [3.05, 3.63) is 41.5 Å². The molecule has 0 bridgehead atoms. The fourth-order valence-electron chi connectivity index (χ4n) is 3.06. The van der Waals surface area contributed by atoms with Crippen LogP contribution in [0, 0.1) is 0 Å². The first-order chi connectivity index (χ1) is 12.0. The smallest absolute Gasteiger partial charge is 0.251 e. The van der Waals surface area contributed by atoms with Crippen LogP contribution in [-0.4, -0.2) is 40.1 Å². The zero-order chi connectivity index (χ0) is 17.7. The van der Waals surface area contributed by atoms with E-state index >= 15 is 0 Å². The number of sulfonamides is 1. The van der Waals surface area contributed by atoms with Gasteiger partial charge in [-0.2, -0.15) is 0 Å². The topological polar surface area (TPSA) is 84.5 Å². The molecule has 1 aliphatic heterocycles. The van der Waals surface area contributed by atoms with E-state index in [4.69, 9.17) is 4.74 Å². The Morgan fingerprint density at radius 1 is 1.28 bits per heavy atom. The Balaban J connectivity index is 1.66. The molecule has 1 saturated heterocycles. The fourth-order valence-corrected chi connectivity index (χ4v) is 4.14. The quantitative estimate of drug-likeness (QED) is 0.756. The molecule has 0 radical (unpaired) electrons. The maximum Gasteiger partial charge on any atom is 0.251 e. The predicted molar refractivity (Wildman–Crippen MR) is 94.9 cm³/mol. The maximum absolute atomic E-state index is 12.5. The lowest BCUT2D eigenvalue weighted by Gasteiger charge is -2.14. The van der Waals surface area contributed by atoms with Crippen molar-refractivity contribution in [2.75, 3.05) is 19.8 Å². The van der Waals surface area contributed by atoms with Gasteiger partial charge in [0.05, 0.1) is 17.5 Å². The van der Waals surface area contributed by atoms with E-state index in [2.05, 4.69) is 16.1 Å². The summed E-state index contributed by atoms with van der Waals surface area (Å²) in [5, 5.41) is 2.87. The summed E-state index contributed by atoms with van der Waals surface area (Å²) in [7, 11) is -3.64. The number of nitrogens with one attached hydrogen (secondary N) is 2. The minimum absolute atomic E-state index is 0.0101. The van der Waals surface area contributed by atoms with Gasteiger partial charge >= 0.3 is 0 Å². The van der Waals surface area contributed by atoms with Crippen LogP contribution in [0.5, 0.6) is 0 Å². The molecule has 2 N–H and O–H groups in total. The Morgan fingerprint density at radius 3 is 2.88 bits per heavy atom. The van der Waals surface area contributed by atoms with E-state index in [1.54, 1.807) is 12.1 Å². The van der Waals surface area contributed by atoms with Crippen LogP contribution in [0.4, 0.5) is 0 Å². The molecule has 0 unspecified atom stereocenters. The minimum atomic E-state index is -3.64. The van der Waals surface area contributed by atoms with E-state index in [1.165, 1.54) is 18.6 Å². The highest BCUT2D eigenvalue weighted by atomic mass is 32.2. The second-order valence-electron chi connectivity index (χ2n) is 6.49. The van der Waals surface area contributed by atoms with Crippen LogP contribution in [0.1, 0.15) is 42.5 Å². The number of benzene rings is 1. The van der Waals surface area contributed by atoms with E-state index in [0.717, 1.165) is 31.3 Å². The van der Waals surface area contributed by atoms with E-state index in [0.29, 0.717) is 25.3 Å². The molecule has 3 rings (SSSR count). The molecule has 136 valence electrons. The average Bonchev–Trinajstić information content (AvgIpc) is 3.14. The summed E-state index contributed by atoms with van der Waals surface area (Å²) in [6.45, 7) is 1.47. The highest BCUT2D eigenvalue weighted by Gasteiger charge is 2.20. The highest BCUT2D eigenvalue weighted by molar-refractivity contribution is 7.89. The van der Waals surface area contributed by atoms with Crippen LogP contribution in [0.2, 0.25) is 0 Å². The van der Waals surface area contributed by atoms with Crippen molar-refractivity contribution in [2.45, 2.75) is 43.0 Å². The van der Waals surface area contributed by atoms with Gasteiger partial charge in [-0.1, -0.05) is 17.7 Å². The zero-order valence-electron chi connectivity index (χ0n) is 14.2. The summed E-state index contributed by atoms with van der Waals surface area (Å²) in [5.41, 5.74) is 1.47. The minimum Gasteiger partial charge on any atom is -0.379 e. The Labute approximate surface area is 148 Å². The first-order valence-electron chi connectivity index (χ1n) is 8.71. The third-order valence-electron chi connectivity index (χ3n) is 4.55. The van der Waals surface area contributed by atoms with Gasteiger partial charge in [-0.15, -0.1) is 0 Å². The Hall–Kier alpha value is -1.70. The van der Waals surface area contributed by atoms with E-state index in [9.17, 15) is 13.2 Å². The molecule has 2 aliphatic rings. The Morgan fingerprint density at radius 2 is 2.16 bits per heavy atom. The zero-order valence-corrected chi connectivity index (χ0v) is 15.0. The molecule has 1 heterocycles. The molecule has 1 amide bonds. The van der Waals surface area contributed by atoms with Crippen LogP contribution in [0.25, 0.3) is 0 Å². The molecule has 1 atom stereocenters. The SMILES string of the molecule is O=C(N[C@H]1CCOC1)c1cccc(S(=O)(=O)NCC2=CCCCC2)c1. The number of carbonyl (C=O) groups excluding carboxylic acids is 1.